The number of aromatic nitrogens is 1. The monoisotopic (exact) mass is 931 g/mol. The highest BCUT2D eigenvalue weighted by Gasteiger charge is 2.56. The molecule has 1 aromatic carbocycles. The third-order valence-electron chi connectivity index (χ3n) is 15.1. The van der Waals surface area contributed by atoms with Crippen LogP contribution in [0, 0.1) is 29.6 Å². The van der Waals surface area contributed by atoms with Gasteiger partial charge in [-0.05, 0) is 132 Å². The van der Waals surface area contributed by atoms with Gasteiger partial charge in [-0.2, -0.15) is 0 Å². The van der Waals surface area contributed by atoms with Crippen LogP contribution < -0.4 is 4.74 Å². The average molecular weight is 931 g/mol. The molecule has 1 aliphatic carbocycles. The number of nitrogens with zero attached hydrogens (tertiary/aromatic N) is 2. The molecule has 2 aromatic rings. The van der Waals surface area contributed by atoms with E-state index in [1.165, 1.54) is 4.90 Å². The van der Waals surface area contributed by atoms with Crippen molar-refractivity contribution in [3.63, 3.8) is 0 Å². The molecule has 13 nitrogen and oxygen atoms in total. The lowest BCUT2D eigenvalue weighted by Gasteiger charge is -2.47. The second kappa shape index (κ2) is 23.4. The lowest BCUT2D eigenvalue weighted by molar-refractivity contribution is -0.302. The number of cyclic esters (lactones) is 1. The summed E-state index contributed by atoms with van der Waals surface area (Å²) in [5.41, 5.74) is 3.05. The number of carbonyl (C=O) groups excluding carboxylic acids is 4. The predicted octanol–water partition coefficient (Wildman–Crippen LogP) is 8.73. The van der Waals surface area contributed by atoms with Crippen molar-refractivity contribution >= 4 is 34.3 Å². The molecule has 2 bridgehead atoms. The van der Waals surface area contributed by atoms with Gasteiger partial charge in [0.05, 0.1) is 18.3 Å². The Bertz CT molecular complexity index is 2110. The number of benzene rings is 1. The summed E-state index contributed by atoms with van der Waals surface area (Å²) < 4.78 is 39.4. The maximum absolute atomic E-state index is 14.6. The van der Waals surface area contributed by atoms with Crippen LogP contribution in [0.3, 0.4) is 0 Å². The lowest BCUT2D eigenvalue weighted by Crippen LogP contribution is -2.64. The molecule has 0 spiro atoms. The zero-order valence-electron chi connectivity index (χ0n) is 41.6. The number of carbonyl (C=O) groups is 4. The van der Waals surface area contributed by atoms with Gasteiger partial charge >= 0.3 is 5.97 Å². The molecule has 1 N–H and O–H groups in total. The summed E-state index contributed by atoms with van der Waals surface area (Å²) in [6.07, 6.45) is 11.9. The number of esters is 1. The van der Waals surface area contributed by atoms with Crippen LogP contribution in [0.15, 0.2) is 66.4 Å². The Morgan fingerprint density at radius 1 is 0.925 bits per heavy atom. The van der Waals surface area contributed by atoms with Crippen LogP contribution in [0.5, 0.6) is 5.75 Å². The average Bonchev–Trinajstić information content (AvgIpc) is 3.72. The van der Waals surface area contributed by atoms with Crippen LogP contribution in [0.25, 0.3) is 10.9 Å². The predicted molar refractivity (Wildman–Crippen MR) is 257 cm³/mol. The van der Waals surface area contributed by atoms with Gasteiger partial charge in [-0.3, -0.25) is 14.4 Å². The van der Waals surface area contributed by atoms with Crippen molar-refractivity contribution in [2.75, 3.05) is 27.9 Å². The summed E-state index contributed by atoms with van der Waals surface area (Å²) in [6.45, 7) is 16.6. The topological polar surface area (TPSA) is 152 Å². The SMILES string of the molecule is C=CCn1ccc2cc(OC3CCC(C=C(C)C4OC(=O)C5CCCCN5C(=O)C(=O)C5(O)OC(C(OC)CC(C)C/C(C)=C/C(CC)C(=O)CCC4C)C(OC)CC5C)CC3OC)ccc21. The summed E-state index contributed by atoms with van der Waals surface area (Å²) in [4.78, 5) is 58.5. The molecule has 1 aromatic heterocycles. The van der Waals surface area contributed by atoms with Crippen molar-refractivity contribution in [1.29, 1.82) is 0 Å². The number of hydrogen-bond donors (Lipinski definition) is 1. The molecule has 1 saturated carbocycles. The number of hydrogen-bond acceptors (Lipinski definition) is 11. The first-order valence-corrected chi connectivity index (χ1v) is 24.8. The Hall–Kier alpha value is -4.14. The highest BCUT2D eigenvalue weighted by atomic mass is 16.7. The summed E-state index contributed by atoms with van der Waals surface area (Å²) in [5.74, 6) is -5.40. The fraction of sp³-hybridized carbons (Fsp3) is 0.667. The molecule has 1 amide bonds. The highest BCUT2D eigenvalue weighted by Crippen LogP contribution is 2.40. The number of allylic oxidation sites excluding steroid dienone is 4. The van der Waals surface area contributed by atoms with E-state index in [-0.39, 0.29) is 54.6 Å². The summed E-state index contributed by atoms with van der Waals surface area (Å²) >= 11 is 0. The zero-order chi connectivity index (χ0) is 48.6. The molecule has 2 saturated heterocycles. The molecule has 370 valence electrons. The zero-order valence-corrected chi connectivity index (χ0v) is 41.6. The summed E-state index contributed by atoms with van der Waals surface area (Å²) in [5, 5.41) is 13.2. The number of fused-ring (bicyclic) bond motifs is 4. The quantitative estimate of drug-likeness (QED) is 0.138. The van der Waals surface area contributed by atoms with Crippen LogP contribution in [0.1, 0.15) is 119 Å². The first kappa shape index (κ1) is 52.2. The Balaban J connectivity index is 1.27. The number of Topliss-reactive ketones (excluding diaryl/α,β-unsaturated/α-hetero) is 2. The molecule has 13 atom stereocenters. The van der Waals surface area contributed by atoms with Gasteiger partial charge in [0.15, 0.2) is 0 Å². The molecule has 3 fully saturated rings. The normalized spacial score (nSPS) is 35.5. The molecule has 4 aliphatic rings. The fourth-order valence-corrected chi connectivity index (χ4v) is 11.2. The van der Waals surface area contributed by atoms with Gasteiger partial charge in [0, 0.05) is 69.8 Å². The molecule has 0 radical (unpaired) electrons. The van der Waals surface area contributed by atoms with Crippen LogP contribution in [-0.4, -0.2) is 114 Å². The maximum Gasteiger partial charge on any atom is 0.329 e. The Kier molecular flexibility index (Phi) is 18.3. The van der Waals surface area contributed by atoms with E-state index in [0.29, 0.717) is 57.8 Å². The summed E-state index contributed by atoms with van der Waals surface area (Å²) in [7, 11) is 4.83. The number of rotatable bonds is 10. The number of methoxy groups -OCH3 is 3. The molecule has 6 rings (SSSR count). The number of ether oxygens (including phenoxy) is 6. The largest absolute Gasteiger partial charge is 0.488 e. The third-order valence-corrected chi connectivity index (χ3v) is 15.1. The minimum atomic E-state index is -2.47. The van der Waals surface area contributed by atoms with Gasteiger partial charge in [-0.15, -0.1) is 6.58 Å². The second-order valence-corrected chi connectivity index (χ2v) is 20.1. The Morgan fingerprint density at radius 2 is 1.66 bits per heavy atom. The third kappa shape index (κ3) is 12.2. The molecular weight excluding hydrogens is 853 g/mol. The number of piperidine rings is 1. The van der Waals surface area contributed by atoms with Gasteiger partial charge in [0.2, 0.25) is 5.79 Å². The standard InChI is InChI=1S/C54H78N2O11/c1-11-23-55-25-22-40-32-41(18-19-42(40)55)65-45-21-17-38(31-46(45)62-8)29-36(6)49-35(5)16-20-44(57)39(12-2)27-33(3)26-34(4)28-47(63-9)50-48(64-10)30-37(7)54(61,67-50)51(58)52(59)56-24-14-13-15-43(56)53(60)66-49/h11,18-19,22,25,27,29,32,34-35,37-39,43,45-50,61H,1,12-17,20-21,23-24,26,28,30-31H2,2-10H3/b33-27+,36-29?. The van der Waals surface area contributed by atoms with Crippen molar-refractivity contribution in [2.24, 2.45) is 29.6 Å². The van der Waals surface area contributed by atoms with Crippen molar-refractivity contribution in [3.8, 4) is 5.75 Å². The lowest BCUT2D eigenvalue weighted by atomic mass is 9.82. The van der Waals surface area contributed by atoms with Crippen LogP contribution in [0.4, 0.5) is 0 Å². The van der Waals surface area contributed by atoms with E-state index >= 15 is 0 Å². The minimum Gasteiger partial charge on any atom is -0.488 e. The number of ketones is 2. The van der Waals surface area contributed by atoms with E-state index in [1.807, 2.05) is 39.8 Å². The van der Waals surface area contributed by atoms with Crippen molar-refractivity contribution in [2.45, 2.75) is 174 Å². The van der Waals surface area contributed by atoms with Crippen LogP contribution in [-0.2, 0) is 49.4 Å². The smallest absolute Gasteiger partial charge is 0.329 e. The van der Waals surface area contributed by atoms with Crippen molar-refractivity contribution in [1.82, 2.24) is 9.47 Å². The van der Waals surface area contributed by atoms with Gasteiger partial charge in [-0.1, -0.05) is 51.5 Å². The Morgan fingerprint density at radius 3 is 2.36 bits per heavy atom. The van der Waals surface area contributed by atoms with Gasteiger partial charge < -0.3 is 43.0 Å². The molecule has 3 aliphatic heterocycles. The molecule has 13 heteroatoms. The minimum absolute atomic E-state index is 0.0832. The van der Waals surface area contributed by atoms with E-state index in [0.717, 1.165) is 47.2 Å². The fourth-order valence-electron chi connectivity index (χ4n) is 11.2. The van der Waals surface area contributed by atoms with Gasteiger partial charge in [-0.25, -0.2) is 4.79 Å². The molecule has 13 unspecified atom stereocenters. The van der Waals surface area contributed by atoms with Gasteiger partial charge in [0.1, 0.15) is 35.9 Å². The molecule has 67 heavy (non-hydrogen) atoms. The highest BCUT2D eigenvalue weighted by molar-refractivity contribution is 6.39. The number of aliphatic hydroxyl groups is 1. The van der Waals surface area contributed by atoms with Gasteiger partial charge in [0.25, 0.3) is 11.7 Å². The summed E-state index contributed by atoms with van der Waals surface area (Å²) in [6, 6.07) is 7.17. The van der Waals surface area contributed by atoms with E-state index < -0.39 is 59.8 Å². The van der Waals surface area contributed by atoms with E-state index in [4.69, 9.17) is 28.4 Å². The van der Waals surface area contributed by atoms with E-state index in [1.54, 1.807) is 28.3 Å². The van der Waals surface area contributed by atoms with E-state index in [2.05, 4.69) is 54.6 Å². The second-order valence-electron chi connectivity index (χ2n) is 20.1. The van der Waals surface area contributed by atoms with Crippen molar-refractivity contribution < 1.29 is 52.7 Å². The molecule has 4 heterocycles. The Labute approximate surface area is 398 Å². The molecular formula is C54H78N2O11. The first-order chi connectivity index (χ1) is 32.0. The van der Waals surface area contributed by atoms with Crippen LogP contribution in [0.2, 0.25) is 0 Å². The van der Waals surface area contributed by atoms with Crippen LogP contribution >= 0.6 is 0 Å². The maximum atomic E-state index is 14.6. The number of amides is 1. The van der Waals surface area contributed by atoms with Crippen molar-refractivity contribution in [3.05, 3.63) is 66.4 Å². The first-order valence-electron chi connectivity index (χ1n) is 24.8. The van der Waals surface area contributed by atoms with E-state index in [9.17, 15) is 24.3 Å².